The zero-order valence-corrected chi connectivity index (χ0v) is 37.0. The number of phenols is 1. The second-order valence-electron chi connectivity index (χ2n) is 17.1. The Hall–Kier alpha value is -5.29. The number of nitrogens with one attached hydrogen (secondary N) is 1. The highest BCUT2D eigenvalue weighted by Gasteiger charge is 2.56. The molecule has 8 nitrogen and oxygen atoms in total. The predicted molar refractivity (Wildman–Crippen MR) is 248 cm³/mol. The van der Waals surface area contributed by atoms with Crippen molar-refractivity contribution in [2.75, 3.05) is 23.4 Å². The molecule has 0 saturated carbocycles. The molecule has 61 heavy (non-hydrogen) atoms. The second-order valence-corrected chi connectivity index (χ2v) is 21.8. The average Bonchev–Trinajstić information content (AvgIpc) is 3.51. The Labute approximate surface area is 365 Å². The molecule has 4 N–H and O–H groups in total. The van der Waals surface area contributed by atoms with Gasteiger partial charge in [-0.15, -0.1) is 0 Å². The summed E-state index contributed by atoms with van der Waals surface area (Å²) < 4.78 is 7.44. The van der Waals surface area contributed by atoms with Gasteiger partial charge in [-0.3, -0.25) is 14.5 Å². The molecule has 2 aliphatic rings. The lowest BCUT2D eigenvalue weighted by atomic mass is 9.68. The minimum Gasteiger partial charge on any atom is -0.508 e. The standard InChI is InChI=1S/C51H55ClN2O6Si/c1-5-34(29-35-22-27-40(56)31-45(35)52)21-28-46(57)47-36(33-60-61(51(2,3)4,41-17-11-7-12-18-41)42-19-13-8-14-20-42)30-43-48(44(47)32-55)50(59)54(49(43)58)39-25-23-38(24-26-39)53-37-15-9-6-10-16-37/h6-20,22-27,29,31,43-44,46,48,53,55-57H,5,21,28,30,32-33H2,1-4H3/b34-29+/t43-,44+,46-,48-/m1/s1. The number of aromatic hydroxyl groups is 1. The van der Waals surface area contributed by atoms with Crippen molar-refractivity contribution in [3.05, 3.63) is 161 Å². The zero-order chi connectivity index (χ0) is 43.3. The number of rotatable bonds is 15. The van der Waals surface area contributed by atoms with Crippen LogP contribution in [0.2, 0.25) is 10.1 Å². The number of hydrogen-bond acceptors (Lipinski definition) is 7. The van der Waals surface area contributed by atoms with Crippen molar-refractivity contribution in [3.63, 3.8) is 0 Å². The minimum atomic E-state index is -3.07. The Kier molecular flexibility index (Phi) is 13.5. The number of fused-ring (bicyclic) bond motifs is 1. The van der Waals surface area contributed by atoms with Crippen molar-refractivity contribution >= 4 is 65.2 Å². The van der Waals surface area contributed by atoms with E-state index < -0.39 is 38.8 Å². The first-order valence-corrected chi connectivity index (χ1v) is 23.4. The van der Waals surface area contributed by atoms with Crippen LogP contribution in [0, 0.1) is 17.8 Å². The third kappa shape index (κ3) is 9.03. The Morgan fingerprint density at radius 1 is 0.869 bits per heavy atom. The Balaban J connectivity index is 1.26. The summed E-state index contributed by atoms with van der Waals surface area (Å²) in [5.74, 6) is -3.05. The van der Waals surface area contributed by atoms with Crippen LogP contribution in [0.1, 0.15) is 58.9 Å². The van der Waals surface area contributed by atoms with Crippen LogP contribution in [0.15, 0.2) is 150 Å². The highest BCUT2D eigenvalue weighted by atomic mass is 35.5. The quantitative estimate of drug-likeness (QED) is 0.0471. The van der Waals surface area contributed by atoms with Crippen LogP contribution in [0.5, 0.6) is 5.75 Å². The van der Waals surface area contributed by atoms with E-state index in [9.17, 15) is 24.9 Å². The second kappa shape index (κ2) is 18.8. The molecule has 316 valence electrons. The summed E-state index contributed by atoms with van der Waals surface area (Å²) in [6.07, 6.45) is 2.66. The monoisotopic (exact) mass is 854 g/mol. The largest absolute Gasteiger partial charge is 0.508 e. The summed E-state index contributed by atoms with van der Waals surface area (Å²) in [6, 6.07) is 42.4. The number of hydrogen-bond donors (Lipinski definition) is 4. The van der Waals surface area contributed by atoms with Crippen molar-refractivity contribution in [2.45, 2.75) is 64.5 Å². The highest BCUT2D eigenvalue weighted by molar-refractivity contribution is 6.99. The van der Waals surface area contributed by atoms with Gasteiger partial charge in [0.05, 0.1) is 41.9 Å². The number of carbonyl (C=O) groups excluding carboxylic acids is 2. The van der Waals surface area contributed by atoms with E-state index in [1.54, 1.807) is 24.3 Å². The maximum atomic E-state index is 14.6. The molecule has 5 aromatic rings. The Morgan fingerprint density at radius 3 is 2.02 bits per heavy atom. The molecule has 0 radical (unpaired) electrons. The van der Waals surface area contributed by atoms with E-state index in [-0.39, 0.29) is 35.6 Å². The first-order valence-electron chi connectivity index (χ1n) is 21.1. The number of phenolic OH excluding ortho intramolecular Hbond substituents is 1. The molecule has 5 aromatic carbocycles. The van der Waals surface area contributed by atoms with Gasteiger partial charge in [0, 0.05) is 17.3 Å². The van der Waals surface area contributed by atoms with E-state index >= 15 is 0 Å². The number of anilines is 3. The van der Waals surface area contributed by atoms with Crippen LogP contribution >= 0.6 is 11.6 Å². The van der Waals surface area contributed by atoms with Gasteiger partial charge < -0.3 is 25.1 Å². The lowest BCUT2D eigenvalue weighted by Crippen LogP contribution is -2.66. The van der Waals surface area contributed by atoms with E-state index in [1.807, 2.05) is 91.9 Å². The molecule has 1 aliphatic heterocycles. The van der Waals surface area contributed by atoms with Gasteiger partial charge in [-0.1, -0.05) is 130 Å². The molecular weight excluding hydrogens is 800 g/mol. The van der Waals surface area contributed by atoms with E-state index in [0.717, 1.165) is 38.5 Å². The number of halogens is 1. The normalized spacial score (nSPS) is 19.0. The maximum Gasteiger partial charge on any atom is 0.261 e. The van der Waals surface area contributed by atoms with E-state index in [0.29, 0.717) is 35.5 Å². The first kappa shape index (κ1) is 43.8. The van der Waals surface area contributed by atoms with Gasteiger partial charge >= 0.3 is 0 Å². The molecule has 2 amide bonds. The number of para-hydroxylation sites is 1. The molecule has 0 spiro atoms. The number of allylic oxidation sites excluding steroid dienone is 1. The summed E-state index contributed by atoms with van der Waals surface area (Å²) in [4.78, 5) is 30.4. The third-order valence-corrected chi connectivity index (χ3v) is 17.7. The predicted octanol–water partition coefficient (Wildman–Crippen LogP) is 9.41. The molecule has 1 saturated heterocycles. The Bertz CT molecular complexity index is 2340. The summed E-state index contributed by atoms with van der Waals surface area (Å²) in [5.41, 5.74) is 5.29. The van der Waals surface area contributed by atoms with Crippen molar-refractivity contribution in [1.82, 2.24) is 0 Å². The van der Waals surface area contributed by atoms with Crippen molar-refractivity contribution in [2.24, 2.45) is 17.8 Å². The minimum absolute atomic E-state index is 0.0802. The third-order valence-electron chi connectivity index (χ3n) is 12.3. The molecule has 1 aliphatic carbocycles. The average molecular weight is 856 g/mol. The summed E-state index contributed by atoms with van der Waals surface area (Å²) in [5, 5.41) is 39.2. The van der Waals surface area contributed by atoms with Crippen LogP contribution in [0.3, 0.4) is 0 Å². The summed E-state index contributed by atoms with van der Waals surface area (Å²) >= 11 is 6.47. The fourth-order valence-corrected chi connectivity index (χ4v) is 14.1. The van der Waals surface area contributed by atoms with Crippen LogP contribution in [-0.4, -0.2) is 54.8 Å². The van der Waals surface area contributed by atoms with Gasteiger partial charge in [0.2, 0.25) is 11.8 Å². The van der Waals surface area contributed by atoms with Crippen LogP contribution < -0.4 is 20.6 Å². The fraction of sp³-hybridized carbons (Fsp3) is 0.294. The van der Waals surface area contributed by atoms with Crippen LogP contribution in [0.4, 0.5) is 17.1 Å². The first-order chi connectivity index (χ1) is 29.4. The lowest BCUT2D eigenvalue weighted by molar-refractivity contribution is -0.123. The van der Waals surface area contributed by atoms with Gasteiger partial charge in [0.25, 0.3) is 8.32 Å². The number of imide groups is 1. The highest BCUT2D eigenvalue weighted by Crippen LogP contribution is 2.48. The zero-order valence-electron chi connectivity index (χ0n) is 35.2. The van der Waals surface area contributed by atoms with Gasteiger partial charge in [-0.05, 0) is 112 Å². The molecule has 1 heterocycles. The number of carbonyl (C=O) groups is 2. The van der Waals surface area contributed by atoms with Gasteiger partial charge in [0.15, 0.2) is 0 Å². The molecule has 1 fully saturated rings. The lowest BCUT2D eigenvalue weighted by Gasteiger charge is -2.44. The van der Waals surface area contributed by atoms with Gasteiger partial charge in [-0.2, -0.15) is 0 Å². The summed E-state index contributed by atoms with van der Waals surface area (Å²) in [6.45, 7) is 8.33. The smallest absolute Gasteiger partial charge is 0.261 e. The molecule has 0 bridgehead atoms. The topological polar surface area (TPSA) is 119 Å². The molecule has 0 unspecified atom stereocenters. The fourth-order valence-electron chi connectivity index (χ4n) is 9.37. The van der Waals surface area contributed by atoms with Crippen molar-refractivity contribution < 1.29 is 29.3 Å². The molecule has 4 atom stereocenters. The van der Waals surface area contributed by atoms with Crippen LogP contribution in [0.25, 0.3) is 6.08 Å². The van der Waals surface area contributed by atoms with E-state index in [4.69, 9.17) is 16.0 Å². The van der Waals surface area contributed by atoms with E-state index in [2.05, 4.69) is 50.4 Å². The number of amides is 2. The van der Waals surface area contributed by atoms with Gasteiger partial charge in [0.1, 0.15) is 5.75 Å². The SMILES string of the molecule is CC/C(=C\c1ccc(O)cc1Cl)CC[C@@H](O)C1=C(CO[Si](c2ccccc2)(c2ccccc2)C(C)(C)C)C[C@H]2C(=O)N(c3ccc(Nc4ccccc4)cc3)C(=O)[C@H]2[C@H]1CO. The number of aliphatic hydroxyl groups excluding tert-OH is 2. The molecule has 7 rings (SSSR count). The molecule has 10 heteroatoms. The Morgan fingerprint density at radius 2 is 1.46 bits per heavy atom. The van der Waals surface area contributed by atoms with Gasteiger partial charge in [-0.25, -0.2) is 0 Å². The number of benzene rings is 5. The van der Waals surface area contributed by atoms with Crippen molar-refractivity contribution in [1.29, 1.82) is 0 Å². The van der Waals surface area contributed by atoms with Crippen molar-refractivity contribution in [3.8, 4) is 5.75 Å². The molecule has 0 aromatic heterocycles. The number of nitrogens with zero attached hydrogens (tertiary/aromatic N) is 1. The maximum absolute atomic E-state index is 14.6. The van der Waals surface area contributed by atoms with E-state index in [1.165, 1.54) is 11.0 Å². The van der Waals surface area contributed by atoms with Crippen LogP contribution in [-0.2, 0) is 14.0 Å². The molecular formula is C51H55ClN2O6Si. The number of aliphatic hydroxyl groups is 2. The summed E-state index contributed by atoms with van der Waals surface area (Å²) in [7, 11) is -3.07.